The molecule has 0 fully saturated rings. The van der Waals surface area contributed by atoms with Gasteiger partial charge in [0.15, 0.2) is 7.14 Å². The van der Waals surface area contributed by atoms with Crippen LogP contribution in [0.5, 0.6) is 0 Å². The van der Waals surface area contributed by atoms with Crippen molar-refractivity contribution in [2.75, 3.05) is 0 Å². The van der Waals surface area contributed by atoms with E-state index in [2.05, 4.69) is 115 Å². The summed E-state index contributed by atoms with van der Waals surface area (Å²) >= 11 is 0. The van der Waals surface area contributed by atoms with Crippen molar-refractivity contribution < 1.29 is 4.57 Å². The maximum atomic E-state index is 15.7. The van der Waals surface area contributed by atoms with Gasteiger partial charge in [0.25, 0.3) is 0 Å². The maximum Gasteiger partial charge on any atom is 0.171 e. The van der Waals surface area contributed by atoms with E-state index in [1.54, 1.807) is 0 Å². The van der Waals surface area contributed by atoms with E-state index >= 15 is 4.57 Å². The van der Waals surface area contributed by atoms with E-state index in [4.69, 9.17) is 9.97 Å². The van der Waals surface area contributed by atoms with Crippen molar-refractivity contribution in [1.82, 2.24) is 9.97 Å². The van der Waals surface area contributed by atoms with Crippen LogP contribution in [0.4, 0.5) is 0 Å². The van der Waals surface area contributed by atoms with Gasteiger partial charge in [-0.3, -0.25) is 4.98 Å². The molecule has 2 heterocycles. The quantitative estimate of drug-likeness (QED) is 0.103. The van der Waals surface area contributed by atoms with Gasteiger partial charge in [-0.05, 0) is 61.6 Å². The summed E-state index contributed by atoms with van der Waals surface area (Å²) < 4.78 is 15.7. The van der Waals surface area contributed by atoms with Crippen LogP contribution in [-0.2, 0) is 4.57 Å². The average molecular weight is 683 g/mol. The summed E-state index contributed by atoms with van der Waals surface area (Å²) in [5.74, 6) is 0. The monoisotopic (exact) mass is 682 g/mol. The summed E-state index contributed by atoms with van der Waals surface area (Å²) in [4.78, 5) is 10.1. The Labute approximate surface area is 301 Å². The molecule has 0 aliphatic carbocycles. The Morgan fingerprint density at radius 3 is 1.50 bits per heavy atom. The number of hydrogen-bond donors (Lipinski definition) is 0. The fourth-order valence-electron chi connectivity index (χ4n) is 8.04. The summed E-state index contributed by atoms with van der Waals surface area (Å²) in [5, 5.41) is 11.2. The van der Waals surface area contributed by atoms with Crippen LogP contribution in [-0.4, -0.2) is 9.97 Å². The topological polar surface area (TPSA) is 42.9 Å². The van der Waals surface area contributed by atoms with Gasteiger partial charge in [-0.2, -0.15) is 0 Å². The van der Waals surface area contributed by atoms with Gasteiger partial charge in [-0.15, -0.1) is 0 Å². The van der Waals surface area contributed by atoms with Gasteiger partial charge in [0.1, 0.15) is 0 Å². The molecule has 52 heavy (non-hydrogen) atoms. The maximum absolute atomic E-state index is 15.7. The third-order valence-electron chi connectivity index (χ3n) is 10.4. The second-order valence-corrected chi connectivity index (χ2v) is 15.9. The van der Waals surface area contributed by atoms with E-state index in [9.17, 15) is 0 Å². The Balaban J connectivity index is 1.27. The largest absolute Gasteiger partial charge is 0.309 e. The van der Waals surface area contributed by atoms with Gasteiger partial charge in [0.05, 0.1) is 16.7 Å². The standard InChI is InChI=1S/C48H31N2OP/c51-52(34-15-3-1-4-16-34,35-17-5-2-6-18-35)44-30-28-42(36-19-7-8-20-37(36)44)45-38-21-9-11-23-40(38)46(41-24-12-10-22-39(41)45)43-29-27-33-26-25-32-14-13-31-49-47(32)48(33)50-43/h1-31H. The van der Waals surface area contributed by atoms with Crippen LogP contribution in [0.15, 0.2) is 188 Å². The van der Waals surface area contributed by atoms with Crippen molar-refractivity contribution in [3.8, 4) is 22.4 Å². The van der Waals surface area contributed by atoms with Gasteiger partial charge >= 0.3 is 0 Å². The van der Waals surface area contributed by atoms with Crippen molar-refractivity contribution in [2.24, 2.45) is 0 Å². The molecule has 0 aliphatic rings. The molecule has 0 N–H and O–H groups in total. The molecule has 2 aromatic heterocycles. The highest BCUT2D eigenvalue weighted by molar-refractivity contribution is 7.85. The molecule has 244 valence electrons. The molecule has 0 spiro atoms. The van der Waals surface area contributed by atoms with Crippen molar-refractivity contribution in [1.29, 1.82) is 0 Å². The zero-order valence-corrected chi connectivity index (χ0v) is 29.0. The SMILES string of the molecule is O=P(c1ccccc1)(c1ccccc1)c1ccc(-c2c3ccccc3c(-c3ccc4ccc5cccnc5c4n3)c3ccccc23)c2ccccc12. The van der Waals surface area contributed by atoms with E-state index < -0.39 is 7.14 Å². The molecule has 3 nitrogen and oxygen atoms in total. The fourth-order valence-corrected chi connectivity index (χ4v) is 10.9. The number of fused-ring (bicyclic) bond motifs is 6. The molecule has 10 aromatic rings. The Kier molecular flexibility index (Phi) is 7.09. The summed E-state index contributed by atoms with van der Waals surface area (Å²) in [6.07, 6.45) is 1.84. The van der Waals surface area contributed by atoms with Gasteiger partial charge < -0.3 is 4.57 Å². The van der Waals surface area contributed by atoms with Gasteiger partial charge in [-0.25, -0.2) is 4.98 Å². The molecule has 0 bridgehead atoms. The van der Waals surface area contributed by atoms with Crippen molar-refractivity contribution >= 4 is 77.2 Å². The Morgan fingerprint density at radius 2 is 0.885 bits per heavy atom. The van der Waals surface area contributed by atoms with Crippen LogP contribution >= 0.6 is 7.14 Å². The molecular weight excluding hydrogens is 652 g/mol. The molecule has 8 aromatic carbocycles. The van der Waals surface area contributed by atoms with Crippen LogP contribution in [0, 0.1) is 0 Å². The van der Waals surface area contributed by atoms with Crippen molar-refractivity contribution in [3.63, 3.8) is 0 Å². The molecule has 0 aliphatic heterocycles. The van der Waals surface area contributed by atoms with Gasteiger partial charge in [0, 0.05) is 38.4 Å². The van der Waals surface area contributed by atoms with Crippen LogP contribution in [0.2, 0.25) is 0 Å². The molecule has 0 saturated carbocycles. The highest BCUT2D eigenvalue weighted by Gasteiger charge is 2.32. The Morgan fingerprint density at radius 1 is 0.385 bits per heavy atom. The fraction of sp³-hybridized carbons (Fsp3) is 0. The van der Waals surface area contributed by atoms with Crippen LogP contribution in [0.25, 0.3) is 76.5 Å². The van der Waals surface area contributed by atoms with Gasteiger partial charge in [-0.1, -0.05) is 164 Å². The number of hydrogen-bond acceptors (Lipinski definition) is 3. The lowest BCUT2D eigenvalue weighted by atomic mass is 9.85. The first-order chi connectivity index (χ1) is 25.7. The van der Waals surface area contributed by atoms with Crippen molar-refractivity contribution in [3.05, 3.63) is 188 Å². The zero-order valence-electron chi connectivity index (χ0n) is 28.1. The van der Waals surface area contributed by atoms with Crippen molar-refractivity contribution in [2.45, 2.75) is 0 Å². The lowest BCUT2D eigenvalue weighted by Crippen LogP contribution is -2.25. The minimum Gasteiger partial charge on any atom is -0.309 e. The summed E-state index contributed by atoms with van der Waals surface area (Å²) in [6, 6.07) is 62.5. The lowest BCUT2D eigenvalue weighted by molar-refractivity contribution is 0.592. The second kappa shape index (κ2) is 12.1. The summed E-state index contributed by atoms with van der Waals surface area (Å²) in [6.45, 7) is 0. The molecule has 0 radical (unpaired) electrons. The molecule has 4 heteroatoms. The predicted molar refractivity (Wildman–Crippen MR) is 220 cm³/mol. The van der Waals surface area contributed by atoms with Gasteiger partial charge in [0.2, 0.25) is 0 Å². The molecular formula is C48H31N2OP. The van der Waals surface area contributed by atoms with E-state index in [-0.39, 0.29) is 0 Å². The van der Waals surface area contributed by atoms with E-state index in [0.29, 0.717) is 0 Å². The molecule has 0 amide bonds. The minimum absolute atomic E-state index is 0.824. The zero-order chi connectivity index (χ0) is 34.6. The van der Waals surface area contributed by atoms with E-state index in [0.717, 1.165) is 92.4 Å². The first-order valence-corrected chi connectivity index (χ1v) is 19.2. The van der Waals surface area contributed by atoms with Crippen LogP contribution < -0.4 is 15.9 Å². The number of aromatic nitrogens is 2. The first-order valence-electron chi connectivity index (χ1n) is 17.5. The normalized spacial score (nSPS) is 11.9. The number of pyridine rings is 2. The second-order valence-electron chi connectivity index (χ2n) is 13.2. The third kappa shape index (κ3) is 4.64. The molecule has 10 rings (SSSR count). The number of benzene rings is 8. The molecule has 0 saturated heterocycles. The smallest absolute Gasteiger partial charge is 0.171 e. The Bertz CT molecular complexity index is 2950. The lowest BCUT2D eigenvalue weighted by Gasteiger charge is -2.23. The number of rotatable bonds is 5. The Hall–Kier alpha value is -6.41. The minimum atomic E-state index is -3.23. The van der Waals surface area contributed by atoms with Crippen LogP contribution in [0.3, 0.4) is 0 Å². The predicted octanol–water partition coefficient (Wildman–Crippen LogP) is 11.2. The highest BCUT2D eigenvalue weighted by Crippen LogP contribution is 2.48. The molecule has 0 atom stereocenters. The first kappa shape index (κ1) is 30.4. The van der Waals surface area contributed by atoms with E-state index in [1.165, 1.54) is 0 Å². The highest BCUT2D eigenvalue weighted by atomic mass is 31.2. The average Bonchev–Trinajstić information content (AvgIpc) is 3.22. The van der Waals surface area contributed by atoms with E-state index in [1.807, 2.05) is 72.9 Å². The summed E-state index contributed by atoms with van der Waals surface area (Å²) in [5.41, 5.74) is 6.07. The third-order valence-corrected chi connectivity index (χ3v) is 13.5. The molecule has 0 unspecified atom stereocenters. The number of nitrogens with zero attached hydrogens (tertiary/aromatic N) is 2. The summed E-state index contributed by atoms with van der Waals surface area (Å²) in [7, 11) is -3.23. The van der Waals surface area contributed by atoms with Crippen LogP contribution in [0.1, 0.15) is 0 Å².